The molecule has 7 heteroatoms. The first kappa shape index (κ1) is 19.6. The van der Waals surface area contributed by atoms with Crippen LogP contribution in [0.15, 0.2) is 42.5 Å². The van der Waals surface area contributed by atoms with E-state index in [0.717, 1.165) is 5.56 Å². The number of ether oxygens (including phenoxy) is 1. The molecule has 0 aliphatic carbocycles. The Balaban J connectivity index is 1.95. The van der Waals surface area contributed by atoms with Gasteiger partial charge in [-0.25, -0.2) is 0 Å². The average molecular weight is 401 g/mol. The maximum absolute atomic E-state index is 12.1. The van der Waals surface area contributed by atoms with Gasteiger partial charge in [0.15, 0.2) is 12.4 Å². The van der Waals surface area contributed by atoms with Gasteiger partial charge in [0.2, 0.25) is 0 Å². The Bertz CT molecular complexity index is 766. The Morgan fingerprint density at radius 1 is 1.04 bits per heavy atom. The molecule has 0 spiro atoms. The molecule has 0 bridgehead atoms. The molecule has 1 atom stereocenters. The van der Waals surface area contributed by atoms with Gasteiger partial charge in [-0.1, -0.05) is 65.1 Å². The SMILES string of the molecule is CC(=O)C(Cc1ccccc1)NC(=O)COc1cc(Cl)c(Cl)cc1Cl. The Hall–Kier alpha value is -1.75. The number of amides is 1. The van der Waals surface area contributed by atoms with Crippen molar-refractivity contribution in [1.29, 1.82) is 0 Å². The Morgan fingerprint density at radius 2 is 1.68 bits per heavy atom. The molecule has 0 saturated heterocycles. The first-order valence-electron chi connectivity index (χ1n) is 7.48. The lowest BCUT2D eigenvalue weighted by Crippen LogP contribution is -2.43. The van der Waals surface area contributed by atoms with E-state index in [1.165, 1.54) is 19.1 Å². The predicted octanol–water partition coefficient (Wildman–Crippen LogP) is 4.34. The third-order valence-corrected chi connectivity index (χ3v) is 4.46. The quantitative estimate of drug-likeness (QED) is 0.703. The number of nitrogens with one attached hydrogen (secondary N) is 1. The third-order valence-electron chi connectivity index (χ3n) is 3.44. The molecule has 0 radical (unpaired) electrons. The van der Waals surface area contributed by atoms with E-state index in [9.17, 15) is 9.59 Å². The minimum Gasteiger partial charge on any atom is -0.482 e. The lowest BCUT2D eigenvalue weighted by molar-refractivity contribution is -0.128. The molecule has 0 aliphatic heterocycles. The molecule has 2 aromatic rings. The van der Waals surface area contributed by atoms with Crippen molar-refractivity contribution in [2.24, 2.45) is 0 Å². The first-order valence-corrected chi connectivity index (χ1v) is 8.61. The zero-order valence-corrected chi connectivity index (χ0v) is 15.7. The van der Waals surface area contributed by atoms with Gasteiger partial charge in [0, 0.05) is 6.07 Å². The van der Waals surface area contributed by atoms with E-state index in [0.29, 0.717) is 11.4 Å². The number of hydrogen-bond donors (Lipinski definition) is 1. The number of Topliss-reactive ketones (excluding diaryl/α,β-unsaturated/α-hetero) is 1. The molecule has 1 N–H and O–H groups in total. The van der Waals surface area contributed by atoms with Crippen LogP contribution in [0.25, 0.3) is 0 Å². The molecule has 1 amide bonds. The summed E-state index contributed by atoms with van der Waals surface area (Å²) in [6.45, 7) is 1.14. The molecule has 0 aliphatic rings. The van der Waals surface area contributed by atoms with Crippen LogP contribution in [0.1, 0.15) is 12.5 Å². The Morgan fingerprint density at radius 3 is 2.32 bits per heavy atom. The number of halogens is 3. The molecule has 2 aromatic carbocycles. The van der Waals surface area contributed by atoms with Gasteiger partial charge in [0.05, 0.1) is 21.1 Å². The standard InChI is InChI=1S/C18H16Cl3NO3/c1-11(23)16(7-12-5-3-2-4-6-12)22-18(24)10-25-17-9-14(20)13(19)8-15(17)21/h2-6,8-9,16H,7,10H2,1H3,(H,22,24). The Kier molecular flexibility index (Phi) is 7.12. The van der Waals surface area contributed by atoms with Crippen LogP contribution < -0.4 is 10.1 Å². The minimum atomic E-state index is -0.622. The fraction of sp³-hybridized carbons (Fsp3) is 0.222. The number of rotatable bonds is 7. The van der Waals surface area contributed by atoms with Gasteiger partial charge in [-0.15, -0.1) is 0 Å². The van der Waals surface area contributed by atoms with E-state index >= 15 is 0 Å². The summed E-state index contributed by atoms with van der Waals surface area (Å²) in [7, 11) is 0. The van der Waals surface area contributed by atoms with E-state index in [-0.39, 0.29) is 28.2 Å². The first-order chi connectivity index (χ1) is 11.9. The minimum absolute atomic E-state index is 0.134. The molecular weight excluding hydrogens is 385 g/mol. The predicted molar refractivity (Wildman–Crippen MR) is 99.7 cm³/mol. The van der Waals surface area contributed by atoms with Crippen molar-refractivity contribution < 1.29 is 14.3 Å². The highest BCUT2D eigenvalue weighted by Gasteiger charge is 2.18. The molecule has 4 nitrogen and oxygen atoms in total. The van der Waals surface area contributed by atoms with Gasteiger partial charge < -0.3 is 10.1 Å². The van der Waals surface area contributed by atoms with Crippen LogP contribution in [0.4, 0.5) is 0 Å². The van der Waals surface area contributed by atoms with Crippen molar-refractivity contribution in [3.05, 3.63) is 63.1 Å². The average Bonchev–Trinajstić information content (AvgIpc) is 2.57. The van der Waals surface area contributed by atoms with E-state index in [1.54, 1.807) is 0 Å². The summed E-state index contributed by atoms with van der Waals surface area (Å²) < 4.78 is 5.37. The van der Waals surface area contributed by atoms with Crippen LogP contribution in [0.2, 0.25) is 15.1 Å². The largest absolute Gasteiger partial charge is 0.482 e. The zero-order chi connectivity index (χ0) is 18.4. The molecule has 0 heterocycles. The van der Waals surface area contributed by atoms with E-state index in [2.05, 4.69) is 5.32 Å². The lowest BCUT2D eigenvalue weighted by atomic mass is 10.0. The second-order valence-electron chi connectivity index (χ2n) is 5.41. The molecule has 0 saturated carbocycles. The smallest absolute Gasteiger partial charge is 0.258 e. The number of ketones is 1. The van der Waals surface area contributed by atoms with Gasteiger partial charge in [0.1, 0.15) is 5.75 Å². The molecular formula is C18H16Cl3NO3. The van der Waals surface area contributed by atoms with Crippen molar-refractivity contribution in [3.8, 4) is 5.75 Å². The van der Waals surface area contributed by atoms with Crippen molar-refractivity contribution >= 4 is 46.5 Å². The summed E-state index contributed by atoms with van der Waals surface area (Å²) in [6, 6.07) is 11.7. The van der Waals surface area contributed by atoms with Crippen LogP contribution in [0.3, 0.4) is 0 Å². The fourth-order valence-electron chi connectivity index (χ4n) is 2.14. The molecule has 25 heavy (non-hydrogen) atoms. The normalized spacial score (nSPS) is 11.7. The highest BCUT2D eigenvalue weighted by Crippen LogP contribution is 2.33. The highest BCUT2D eigenvalue weighted by molar-refractivity contribution is 6.43. The van der Waals surface area contributed by atoms with Gasteiger partial charge in [0.25, 0.3) is 5.91 Å². The van der Waals surface area contributed by atoms with Gasteiger partial charge in [-0.2, -0.15) is 0 Å². The van der Waals surface area contributed by atoms with Gasteiger partial charge >= 0.3 is 0 Å². The van der Waals surface area contributed by atoms with Gasteiger partial charge in [-0.3, -0.25) is 9.59 Å². The van der Waals surface area contributed by atoms with Crippen molar-refractivity contribution in [3.63, 3.8) is 0 Å². The summed E-state index contributed by atoms with van der Waals surface area (Å²) in [4.78, 5) is 23.9. The summed E-state index contributed by atoms with van der Waals surface area (Å²) in [5.74, 6) is -0.323. The van der Waals surface area contributed by atoms with E-state index in [4.69, 9.17) is 39.5 Å². The Labute approximate surface area is 161 Å². The highest BCUT2D eigenvalue weighted by atomic mass is 35.5. The number of carbonyl (C=O) groups is 2. The maximum Gasteiger partial charge on any atom is 0.258 e. The molecule has 132 valence electrons. The van der Waals surface area contributed by atoms with E-state index < -0.39 is 11.9 Å². The van der Waals surface area contributed by atoms with Crippen LogP contribution in [0, 0.1) is 0 Å². The second kappa shape index (κ2) is 9.09. The van der Waals surface area contributed by atoms with Crippen LogP contribution in [-0.2, 0) is 16.0 Å². The maximum atomic E-state index is 12.1. The second-order valence-corrected chi connectivity index (χ2v) is 6.63. The summed E-state index contributed by atoms with van der Waals surface area (Å²) in [5.41, 5.74) is 0.955. The van der Waals surface area contributed by atoms with Crippen molar-refractivity contribution in [1.82, 2.24) is 5.32 Å². The van der Waals surface area contributed by atoms with Crippen LogP contribution in [0.5, 0.6) is 5.75 Å². The molecule has 0 fully saturated rings. The van der Waals surface area contributed by atoms with Crippen molar-refractivity contribution in [2.45, 2.75) is 19.4 Å². The number of hydrogen-bond acceptors (Lipinski definition) is 3. The van der Waals surface area contributed by atoms with Crippen LogP contribution in [-0.4, -0.2) is 24.3 Å². The number of carbonyl (C=O) groups excluding carboxylic acids is 2. The topological polar surface area (TPSA) is 55.4 Å². The lowest BCUT2D eigenvalue weighted by Gasteiger charge is -2.16. The molecule has 0 aromatic heterocycles. The monoisotopic (exact) mass is 399 g/mol. The zero-order valence-electron chi connectivity index (χ0n) is 13.4. The van der Waals surface area contributed by atoms with Crippen LogP contribution >= 0.6 is 34.8 Å². The molecule has 1 unspecified atom stereocenters. The van der Waals surface area contributed by atoms with Crippen molar-refractivity contribution in [2.75, 3.05) is 6.61 Å². The van der Waals surface area contributed by atoms with Gasteiger partial charge in [-0.05, 0) is 25.0 Å². The summed E-state index contributed by atoms with van der Waals surface area (Å²) >= 11 is 17.7. The summed E-state index contributed by atoms with van der Waals surface area (Å²) in [6.07, 6.45) is 0.412. The third kappa shape index (κ3) is 5.92. The number of benzene rings is 2. The van der Waals surface area contributed by atoms with E-state index in [1.807, 2.05) is 30.3 Å². The fourth-order valence-corrected chi connectivity index (χ4v) is 2.73. The molecule has 2 rings (SSSR count). The summed E-state index contributed by atoms with van der Waals surface area (Å²) in [5, 5.41) is 3.47.